The van der Waals surface area contributed by atoms with Crippen LogP contribution in [0.5, 0.6) is 0 Å². The van der Waals surface area contributed by atoms with Crippen LogP contribution in [0.4, 0.5) is 0 Å². The normalized spacial score (nSPS) is 12.5. The molecular formula is C43H49O3PPd. The molecule has 5 rings (SSSR count). The largest absolute Gasteiger partial charge is 0.500 e. The fourth-order valence-corrected chi connectivity index (χ4v) is 5.70. The monoisotopic (exact) mass is 750 g/mol. The van der Waals surface area contributed by atoms with E-state index >= 15 is 0 Å². The summed E-state index contributed by atoms with van der Waals surface area (Å²) in [7, 11) is -0.212. The zero-order valence-corrected chi connectivity index (χ0v) is 31.2. The second-order valence-corrected chi connectivity index (χ2v) is 14.0. The van der Waals surface area contributed by atoms with Crippen LogP contribution in [0, 0.1) is 6.08 Å². The Hall–Kier alpha value is -3.61. The summed E-state index contributed by atoms with van der Waals surface area (Å²) < 4.78 is 6.30. The van der Waals surface area contributed by atoms with Crippen LogP contribution < -0.4 is 5.30 Å². The molecule has 0 spiro atoms. The van der Waals surface area contributed by atoms with Crippen molar-refractivity contribution in [3.63, 3.8) is 0 Å². The number of allylic oxidation sites excluding steroid dienone is 2. The van der Waals surface area contributed by atoms with Crippen LogP contribution in [-0.4, -0.2) is 42.4 Å². The topological polar surface area (TPSA) is 49.7 Å². The summed E-state index contributed by atoms with van der Waals surface area (Å²) in [6, 6.07) is 52.1. The van der Waals surface area contributed by atoms with Gasteiger partial charge in [0.25, 0.3) is 0 Å². The van der Waals surface area contributed by atoms with Crippen molar-refractivity contribution in [3.8, 4) is 0 Å². The van der Waals surface area contributed by atoms with Crippen LogP contribution in [0.3, 0.4) is 0 Å². The van der Waals surface area contributed by atoms with Crippen LogP contribution >= 0.6 is 7.92 Å². The van der Waals surface area contributed by atoms with Gasteiger partial charge in [0.05, 0.1) is 37.4 Å². The van der Waals surface area contributed by atoms with E-state index in [9.17, 15) is 0 Å². The number of rotatable bonds is 10. The van der Waals surface area contributed by atoms with Gasteiger partial charge in [-0.1, -0.05) is 133 Å². The first-order valence-corrected chi connectivity index (χ1v) is 18.7. The number of ether oxygens (including phenoxy) is 1. The molecular weight excluding hydrogens is 702 g/mol. The van der Waals surface area contributed by atoms with E-state index in [2.05, 4.69) is 123 Å². The van der Waals surface area contributed by atoms with Crippen LogP contribution in [-0.2, 0) is 25.2 Å². The molecule has 0 amide bonds. The van der Waals surface area contributed by atoms with Gasteiger partial charge in [0.15, 0.2) is 0 Å². The molecule has 0 fully saturated rings. The molecule has 3 nitrogen and oxygen atoms in total. The number of aliphatic hydroxyl groups excluding tert-OH is 2. The summed E-state index contributed by atoms with van der Waals surface area (Å²) in [6.45, 7) is 10.5. The first-order chi connectivity index (χ1) is 22.8. The smallest absolute Gasteiger partial charge is 0.102 e. The summed E-state index contributed by atoms with van der Waals surface area (Å²) in [6.07, 6.45) is 3.40. The molecule has 2 atom stereocenters. The molecule has 0 saturated carbocycles. The standard InChI is InChI=1S/C30H25O.C8H11P.C5H12O2.Pd/c1-2-31-30(27-21-13-6-14-22-27)29(26-19-11-5-12-20-26)28(25-17-9-4-10-18-25)23-24-15-7-3-8-16-24;1-9(2)8-6-4-3-5-7-8;1-4(6)3-5(2)7;/h3-22H,2H2,1H3;3-7H,1-2H3;4-7H,3H2,1-2H3;/q-1;;;/p+1. The molecule has 5 heteroatoms. The Morgan fingerprint density at radius 2 is 1.00 bits per heavy atom. The minimum Gasteiger partial charge on any atom is -0.500 e. The van der Waals surface area contributed by atoms with E-state index in [1.807, 2.05) is 55.5 Å². The second-order valence-electron chi connectivity index (χ2n) is 11.4. The van der Waals surface area contributed by atoms with Crippen molar-refractivity contribution >= 4 is 30.1 Å². The molecule has 0 aromatic heterocycles. The van der Waals surface area contributed by atoms with E-state index in [1.165, 1.54) is 5.30 Å². The van der Waals surface area contributed by atoms with Gasteiger partial charge in [-0.2, -0.15) is 0 Å². The zero-order chi connectivity index (χ0) is 33.9. The van der Waals surface area contributed by atoms with E-state index < -0.39 is 0 Å². The summed E-state index contributed by atoms with van der Waals surface area (Å²) in [5, 5.41) is 18.6. The Labute approximate surface area is 303 Å². The Kier molecular flexibility index (Phi) is 19.3. The molecule has 0 saturated heterocycles. The van der Waals surface area contributed by atoms with E-state index in [0.29, 0.717) is 13.0 Å². The Morgan fingerprint density at radius 3 is 1.38 bits per heavy atom. The average molecular weight is 751 g/mol. The van der Waals surface area contributed by atoms with Gasteiger partial charge < -0.3 is 14.9 Å². The molecule has 0 aliphatic carbocycles. The van der Waals surface area contributed by atoms with Crippen molar-refractivity contribution in [2.75, 3.05) is 19.9 Å². The quantitative estimate of drug-likeness (QED) is 0.0374. The molecule has 0 aliphatic rings. The van der Waals surface area contributed by atoms with Crippen molar-refractivity contribution in [1.29, 1.82) is 0 Å². The Balaban J connectivity index is 0.000000388. The zero-order valence-electron chi connectivity index (χ0n) is 28.6. The predicted molar refractivity (Wildman–Crippen MR) is 204 cm³/mol. The first kappa shape index (κ1) is 40.6. The van der Waals surface area contributed by atoms with Crippen molar-refractivity contribution in [2.24, 2.45) is 0 Å². The molecule has 5 aromatic rings. The molecule has 2 unspecified atom stereocenters. The Morgan fingerprint density at radius 1 is 0.604 bits per heavy atom. The molecule has 0 radical (unpaired) electrons. The SMILES string of the molecule is CC(O)CC(C)O.CCOC(=C(C(=[C-]c1ccccc1)c1ccccc1)c1ccccc1)c1ccccc1.C[PH+](C)c1ccccc1.[Pd]. The van der Waals surface area contributed by atoms with E-state index in [4.69, 9.17) is 14.9 Å². The van der Waals surface area contributed by atoms with Crippen LogP contribution in [0.1, 0.15) is 49.4 Å². The number of hydrogen-bond donors (Lipinski definition) is 2. The molecule has 2 N–H and O–H groups in total. The maximum Gasteiger partial charge on any atom is 0.102 e. The number of hydrogen-bond acceptors (Lipinski definition) is 3. The summed E-state index contributed by atoms with van der Waals surface area (Å²) >= 11 is 0. The van der Waals surface area contributed by atoms with Gasteiger partial charge in [0, 0.05) is 33.9 Å². The van der Waals surface area contributed by atoms with Gasteiger partial charge in [-0.25, -0.2) is 0 Å². The second kappa shape index (κ2) is 22.9. The van der Waals surface area contributed by atoms with E-state index in [1.54, 1.807) is 13.8 Å². The third kappa shape index (κ3) is 14.3. The van der Waals surface area contributed by atoms with Crippen LogP contribution in [0.25, 0.3) is 16.9 Å². The van der Waals surface area contributed by atoms with E-state index in [-0.39, 0.29) is 40.6 Å². The number of aliphatic hydroxyl groups is 2. The fourth-order valence-electron chi connectivity index (χ4n) is 4.84. The summed E-state index contributed by atoms with van der Waals surface area (Å²) in [5.41, 5.74) is 6.30. The van der Waals surface area contributed by atoms with Crippen LogP contribution in [0.2, 0.25) is 0 Å². The molecule has 0 aliphatic heterocycles. The minimum atomic E-state index is -0.375. The van der Waals surface area contributed by atoms with E-state index in [0.717, 1.165) is 39.2 Å². The van der Waals surface area contributed by atoms with Gasteiger partial charge in [0.1, 0.15) is 5.76 Å². The molecule has 48 heavy (non-hydrogen) atoms. The van der Waals surface area contributed by atoms with Crippen molar-refractivity contribution in [2.45, 2.75) is 39.4 Å². The maximum atomic E-state index is 8.56. The van der Waals surface area contributed by atoms with Gasteiger partial charge >= 0.3 is 0 Å². The molecule has 5 aromatic carbocycles. The third-order valence-electron chi connectivity index (χ3n) is 7.00. The van der Waals surface area contributed by atoms with Gasteiger partial charge in [-0.3, -0.25) is 0 Å². The summed E-state index contributed by atoms with van der Waals surface area (Å²) in [5.74, 6) is 0.858. The van der Waals surface area contributed by atoms with Gasteiger partial charge in [-0.15, -0.1) is 29.3 Å². The molecule has 0 bridgehead atoms. The predicted octanol–water partition coefficient (Wildman–Crippen LogP) is 9.45. The maximum absolute atomic E-state index is 8.56. The third-order valence-corrected chi connectivity index (χ3v) is 8.49. The van der Waals surface area contributed by atoms with Gasteiger partial charge in [-0.05, 0) is 50.5 Å². The first-order valence-electron chi connectivity index (χ1n) is 16.2. The fraction of sp³-hybridized carbons (Fsp3) is 0.209. The van der Waals surface area contributed by atoms with Crippen molar-refractivity contribution in [3.05, 3.63) is 180 Å². The minimum absolute atomic E-state index is 0. The van der Waals surface area contributed by atoms with Gasteiger partial charge in [0.2, 0.25) is 0 Å². The number of benzene rings is 5. The molecule has 254 valence electrons. The molecule has 0 heterocycles. The van der Waals surface area contributed by atoms with Crippen molar-refractivity contribution < 1.29 is 35.4 Å². The summed E-state index contributed by atoms with van der Waals surface area (Å²) in [4.78, 5) is 0. The van der Waals surface area contributed by atoms with Crippen molar-refractivity contribution in [1.82, 2.24) is 0 Å². The average Bonchev–Trinajstić information content (AvgIpc) is 3.09. The van der Waals surface area contributed by atoms with Crippen LogP contribution in [0.15, 0.2) is 152 Å². The Bertz CT molecular complexity index is 1600.